The van der Waals surface area contributed by atoms with Crippen molar-refractivity contribution in [3.05, 3.63) is 46.8 Å². The van der Waals surface area contributed by atoms with Crippen LogP contribution in [-0.2, 0) is 6.54 Å². The highest BCUT2D eigenvalue weighted by Gasteiger charge is 2.14. The van der Waals surface area contributed by atoms with Gasteiger partial charge in [0.15, 0.2) is 5.69 Å². The van der Waals surface area contributed by atoms with Gasteiger partial charge in [-0.2, -0.15) is 5.10 Å². The molecular weight excluding hydrogens is 242 g/mol. The number of nitrogens with zero attached hydrogens (tertiary/aromatic N) is 1. The van der Waals surface area contributed by atoms with E-state index in [0.717, 1.165) is 22.6 Å². The summed E-state index contributed by atoms with van der Waals surface area (Å²) >= 11 is 0. The summed E-state index contributed by atoms with van der Waals surface area (Å²) in [4.78, 5) is 12.0. The molecule has 100 valence electrons. The van der Waals surface area contributed by atoms with Crippen molar-refractivity contribution in [1.82, 2.24) is 15.5 Å². The summed E-state index contributed by atoms with van der Waals surface area (Å²) in [5, 5.41) is 9.65. The molecule has 1 amide bonds. The molecule has 0 atom stereocenters. The van der Waals surface area contributed by atoms with Crippen LogP contribution in [0.2, 0.25) is 0 Å². The Hall–Kier alpha value is -2.30. The van der Waals surface area contributed by atoms with Gasteiger partial charge in [0.1, 0.15) is 5.75 Å². The average molecular weight is 259 g/mol. The van der Waals surface area contributed by atoms with Gasteiger partial charge in [-0.25, -0.2) is 0 Å². The lowest BCUT2D eigenvalue weighted by atomic mass is 10.2. The minimum Gasteiger partial charge on any atom is -0.496 e. The number of amides is 1. The van der Waals surface area contributed by atoms with Crippen LogP contribution in [-0.4, -0.2) is 23.2 Å². The fourth-order valence-electron chi connectivity index (χ4n) is 1.81. The molecule has 0 bridgehead atoms. The van der Waals surface area contributed by atoms with Crippen LogP contribution in [0.5, 0.6) is 5.75 Å². The fourth-order valence-corrected chi connectivity index (χ4v) is 1.81. The molecule has 0 saturated heterocycles. The van der Waals surface area contributed by atoms with Crippen LogP contribution in [0, 0.1) is 13.8 Å². The molecule has 0 aliphatic heterocycles. The van der Waals surface area contributed by atoms with Crippen LogP contribution >= 0.6 is 0 Å². The summed E-state index contributed by atoms with van der Waals surface area (Å²) < 4.78 is 5.24. The Morgan fingerprint density at radius 3 is 2.74 bits per heavy atom. The first kappa shape index (κ1) is 13.1. The van der Waals surface area contributed by atoms with E-state index >= 15 is 0 Å². The molecular formula is C14H17N3O2. The number of methoxy groups -OCH3 is 1. The molecule has 2 aromatic rings. The van der Waals surface area contributed by atoms with Crippen molar-refractivity contribution in [3.8, 4) is 5.75 Å². The number of aromatic amines is 1. The van der Waals surface area contributed by atoms with Gasteiger partial charge in [-0.05, 0) is 19.9 Å². The van der Waals surface area contributed by atoms with Crippen LogP contribution < -0.4 is 10.1 Å². The molecule has 19 heavy (non-hydrogen) atoms. The zero-order valence-corrected chi connectivity index (χ0v) is 11.3. The summed E-state index contributed by atoms with van der Waals surface area (Å²) in [5.41, 5.74) is 3.15. The second-order valence-corrected chi connectivity index (χ2v) is 4.32. The lowest BCUT2D eigenvalue weighted by molar-refractivity contribution is 0.0945. The minimum absolute atomic E-state index is 0.187. The number of benzene rings is 1. The summed E-state index contributed by atoms with van der Waals surface area (Å²) in [6.07, 6.45) is 0. The van der Waals surface area contributed by atoms with Crippen LogP contribution in [0.25, 0.3) is 0 Å². The quantitative estimate of drug-likeness (QED) is 0.882. The third kappa shape index (κ3) is 2.76. The van der Waals surface area contributed by atoms with E-state index in [1.807, 2.05) is 38.1 Å². The smallest absolute Gasteiger partial charge is 0.272 e. The molecule has 0 aliphatic rings. The maximum absolute atomic E-state index is 12.0. The van der Waals surface area contributed by atoms with E-state index in [1.165, 1.54) is 0 Å². The van der Waals surface area contributed by atoms with Gasteiger partial charge in [0.2, 0.25) is 0 Å². The van der Waals surface area contributed by atoms with Gasteiger partial charge in [0.25, 0.3) is 5.91 Å². The lowest BCUT2D eigenvalue weighted by Crippen LogP contribution is -2.24. The molecule has 0 spiro atoms. The molecule has 0 aliphatic carbocycles. The number of para-hydroxylation sites is 1. The van der Waals surface area contributed by atoms with E-state index in [4.69, 9.17) is 4.74 Å². The first-order chi connectivity index (χ1) is 9.13. The third-order valence-electron chi connectivity index (χ3n) is 3.10. The van der Waals surface area contributed by atoms with Crippen LogP contribution in [0.15, 0.2) is 24.3 Å². The minimum atomic E-state index is -0.187. The Balaban J connectivity index is 2.07. The maximum atomic E-state index is 12.0. The zero-order chi connectivity index (χ0) is 13.8. The Kier molecular flexibility index (Phi) is 3.85. The van der Waals surface area contributed by atoms with E-state index in [0.29, 0.717) is 12.2 Å². The van der Waals surface area contributed by atoms with Gasteiger partial charge in [-0.3, -0.25) is 9.89 Å². The average Bonchev–Trinajstić information content (AvgIpc) is 2.77. The molecule has 2 rings (SSSR count). The predicted octanol–water partition coefficient (Wildman–Crippen LogP) is 1.97. The number of rotatable bonds is 4. The number of ether oxygens (including phenoxy) is 1. The molecule has 0 saturated carbocycles. The molecule has 1 aromatic heterocycles. The van der Waals surface area contributed by atoms with Crippen molar-refractivity contribution in [2.45, 2.75) is 20.4 Å². The molecule has 1 heterocycles. The van der Waals surface area contributed by atoms with Gasteiger partial charge in [-0.1, -0.05) is 18.2 Å². The Bertz CT molecular complexity index is 590. The van der Waals surface area contributed by atoms with Gasteiger partial charge in [0, 0.05) is 23.4 Å². The molecule has 0 unspecified atom stereocenters. The SMILES string of the molecule is COc1ccccc1CNC(=O)c1n[nH]c(C)c1C. The fraction of sp³-hybridized carbons (Fsp3) is 0.286. The van der Waals surface area contributed by atoms with E-state index in [9.17, 15) is 4.79 Å². The number of carbonyl (C=O) groups excluding carboxylic acids is 1. The number of H-pyrrole nitrogens is 1. The molecule has 1 aromatic carbocycles. The summed E-state index contributed by atoms with van der Waals surface area (Å²) in [7, 11) is 1.61. The van der Waals surface area contributed by atoms with Crippen molar-refractivity contribution in [3.63, 3.8) is 0 Å². The second kappa shape index (κ2) is 5.56. The van der Waals surface area contributed by atoms with Crippen LogP contribution in [0.1, 0.15) is 27.3 Å². The first-order valence-corrected chi connectivity index (χ1v) is 6.05. The highest BCUT2D eigenvalue weighted by molar-refractivity contribution is 5.93. The highest BCUT2D eigenvalue weighted by atomic mass is 16.5. The molecule has 5 nitrogen and oxygen atoms in total. The standard InChI is InChI=1S/C14H17N3O2/c1-9-10(2)16-17-13(9)14(18)15-8-11-6-4-5-7-12(11)19-3/h4-7H,8H2,1-3H3,(H,15,18)(H,16,17). The summed E-state index contributed by atoms with van der Waals surface area (Å²) in [5.74, 6) is 0.575. The van der Waals surface area contributed by atoms with Gasteiger partial charge in [0.05, 0.1) is 7.11 Å². The van der Waals surface area contributed by atoms with Crippen LogP contribution in [0.3, 0.4) is 0 Å². The van der Waals surface area contributed by atoms with Gasteiger partial charge < -0.3 is 10.1 Å². The molecule has 0 fully saturated rings. The van der Waals surface area contributed by atoms with E-state index in [-0.39, 0.29) is 5.91 Å². The van der Waals surface area contributed by atoms with Gasteiger partial charge >= 0.3 is 0 Å². The number of carbonyl (C=O) groups is 1. The van der Waals surface area contributed by atoms with Crippen LogP contribution in [0.4, 0.5) is 0 Å². The number of aryl methyl sites for hydroxylation is 1. The van der Waals surface area contributed by atoms with Crippen molar-refractivity contribution >= 4 is 5.91 Å². The Labute approximate surface area is 112 Å². The molecule has 0 radical (unpaired) electrons. The first-order valence-electron chi connectivity index (χ1n) is 6.05. The van der Waals surface area contributed by atoms with Crippen molar-refractivity contribution < 1.29 is 9.53 Å². The zero-order valence-electron chi connectivity index (χ0n) is 11.3. The van der Waals surface area contributed by atoms with Crippen molar-refractivity contribution in [1.29, 1.82) is 0 Å². The Morgan fingerprint density at radius 1 is 1.37 bits per heavy atom. The van der Waals surface area contributed by atoms with Crippen molar-refractivity contribution in [2.24, 2.45) is 0 Å². The monoisotopic (exact) mass is 259 g/mol. The highest BCUT2D eigenvalue weighted by Crippen LogP contribution is 2.17. The maximum Gasteiger partial charge on any atom is 0.272 e. The van der Waals surface area contributed by atoms with E-state index < -0.39 is 0 Å². The summed E-state index contributed by atoms with van der Waals surface area (Å²) in [6, 6.07) is 7.59. The molecule has 2 N–H and O–H groups in total. The number of hydrogen-bond acceptors (Lipinski definition) is 3. The van der Waals surface area contributed by atoms with Gasteiger partial charge in [-0.15, -0.1) is 0 Å². The number of aromatic nitrogens is 2. The van der Waals surface area contributed by atoms with E-state index in [1.54, 1.807) is 7.11 Å². The molecule has 5 heteroatoms. The number of nitrogens with one attached hydrogen (secondary N) is 2. The topological polar surface area (TPSA) is 67.0 Å². The lowest BCUT2D eigenvalue weighted by Gasteiger charge is -2.08. The largest absolute Gasteiger partial charge is 0.496 e. The normalized spacial score (nSPS) is 10.3. The Morgan fingerprint density at radius 2 is 2.11 bits per heavy atom. The van der Waals surface area contributed by atoms with Crippen molar-refractivity contribution in [2.75, 3.05) is 7.11 Å². The summed E-state index contributed by atoms with van der Waals surface area (Å²) in [6.45, 7) is 4.17. The number of hydrogen-bond donors (Lipinski definition) is 2. The predicted molar refractivity (Wildman–Crippen MR) is 72.2 cm³/mol. The second-order valence-electron chi connectivity index (χ2n) is 4.32. The van der Waals surface area contributed by atoms with E-state index in [2.05, 4.69) is 15.5 Å². The third-order valence-corrected chi connectivity index (χ3v) is 3.10.